The molecule has 0 bridgehead atoms. The van der Waals surface area contributed by atoms with Gasteiger partial charge in [0.05, 0.1) is 18.9 Å². The summed E-state index contributed by atoms with van der Waals surface area (Å²) in [4.78, 5) is 15.4. The summed E-state index contributed by atoms with van der Waals surface area (Å²) in [5.74, 6) is -0.485. The molecular weight excluding hydrogens is 232 g/mol. The number of carbonyl (C=O) groups is 1. The second kappa shape index (κ2) is 5.90. The van der Waals surface area contributed by atoms with E-state index in [0.29, 0.717) is 4.88 Å². The van der Waals surface area contributed by atoms with Crippen LogP contribution in [0.1, 0.15) is 27.7 Å². The van der Waals surface area contributed by atoms with E-state index in [1.165, 1.54) is 6.20 Å². The molecule has 16 heavy (non-hydrogen) atoms. The van der Waals surface area contributed by atoms with E-state index in [1.54, 1.807) is 6.92 Å². The maximum atomic E-state index is 11.3. The number of thiazole rings is 1. The molecule has 2 unspecified atom stereocenters. The Morgan fingerprint density at radius 3 is 2.94 bits per heavy atom. The molecule has 6 nitrogen and oxygen atoms in total. The molecule has 0 amide bonds. The van der Waals surface area contributed by atoms with Gasteiger partial charge in [-0.15, -0.1) is 11.3 Å². The van der Waals surface area contributed by atoms with Crippen LogP contribution in [0.25, 0.3) is 0 Å². The topological polar surface area (TPSA) is 106 Å². The van der Waals surface area contributed by atoms with E-state index in [2.05, 4.69) is 4.98 Å². The van der Waals surface area contributed by atoms with Crippen LogP contribution in [0.3, 0.4) is 0 Å². The standard InChI is InChI=1S/C9H14N2O4S/c1-2-15-9(14)6-4-11-8(16-6)7(13)5(12)3-10/h4-5,7,12-13H,2-3,10H2,1H3. The van der Waals surface area contributed by atoms with Crippen LogP contribution in [0.4, 0.5) is 0 Å². The van der Waals surface area contributed by atoms with Gasteiger partial charge in [-0.25, -0.2) is 9.78 Å². The third kappa shape index (κ3) is 2.99. The Kier molecular flexibility index (Phi) is 4.81. The van der Waals surface area contributed by atoms with Crippen LogP contribution in [-0.4, -0.2) is 40.4 Å². The lowest BCUT2D eigenvalue weighted by Crippen LogP contribution is -2.27. The predicted molar refractivity (Wildman–Crippen MR) is 58.1 cm³/mol. The largest absolute Gasteiger partial charge is 0.462 e. The first-order valence-electron chi connectivity index (χ1n) is 4.79. The average Bonchev–Trinajstić information content (AvgIpc) is 2.76. The first kappa shape index (κ1) is 13.0. The van der Waals surface area contributed by atoms with E-state index in [9.17, 15) is 15.0 Å². The van der Waals surface area contributed by atoms with Crippen LogP contribution in [0, 0.1) is 0 Å². The number of esters is 1. The number of hydrogen-bond acceptors (Lipinski definition) is 7. The fourth-order valence-corrected chi connectivity index (χ4v) is 1.87. The molecule has 0 aromatic carbocycles. The number of nitrogens with zero attached hydrogens (tertiary/aromatic N) is 1. The Balaban J connectivity index is 2.74. The molecule has 1 heterocycles. The Morgan fingerprint density at radius 1 is 1.69 bits per heavy atom. The van der Waals surface area contributed by atoms with E-state index >= 15 is 0 Å². The van der Waals surface area contributed by atoms with Crippen molar-refractivity contribution in [3.05, 3.63) is 16.1 Å². The Morgan fingerprint density at radius 2 is 2.38 bits per heavy atom. The Bertz CT molecular complexity index is 355. The van der Waals surface area contributed by atoms with Gasteiger partial charge in [0.15, 0.2) is 0 Å². The zero-order chi connectivity index (χ0) is 12.1. The number of aromatic nitrogens is 1. The zero-order valence-corrected chi connectivity index (χ0v) is 9.61. The van der Waals surface area contributed by atoms with E-state index in [0.717, 1.165) is 11.3 Å². The minimum atomic E-state index is -1.17. The molecule has 2 atom stereocenters. The van der Waals surface area contributed by atoms with Gasteiger partial charge in [0.1, 0.15) is 16.0 Å². The smallest absolute Gasteiger partial charge is 0.349 e. The van der Waals surface area contributed by atoms with Crippen molar-refractivity contribution in [1.82, 2.24) is 4.98 Å². The molecule has 1 aromatic rings. The van der Waals surface area contributed by atoms with Gasteiger partial charge in [0, 0.05) is 6.54 Å². The third-order valence-corrected chi connectivity index (χ3v) is 2.91. The summed E-state index contributed by atoms with van der Waals surface area (Å²) >= 11 is 0.982. The fourth-order valence-electron chi connectivity index (χ4n) is 1.01. The van der Waals surface area contributed by atoms with Gasteiger partial charge in [-0.2, -0.15) is 0 Å². The predicted octanol–water partition coefficient (Wildman–Crippen LogP) is -0.327. The maximum absolute atomic E-state index is 11.3. The van der Waals surface area contributed by atoms with Crippen LogP contribution in [0.15, 0.2) is 6.20 Å². The molecule has 0 saturated heterocycles. The van der Waals surface area contributed by atoms with Crippen molar-refractivity contribution in [1.29, 1.82) is 0 Å². The number of aliphatic hydroxyl groups is 2. The molecule has 7 heteroatoms. The minimum absolute atomic E-state index is 0.0739. The number of rotatable bonds is 5. The highest BCUT2D eigenvalue weighted by atomic mass is 32.1. The monoisotopic (exact) mass is 246 g/mol. The number of carbonyl (C=O) groups excluding carboxylic acids is 1. The van der Waals surface area contributed by atoms with Gasteiger partial charge in [-0.3, -0.25) is 0 Å². The highest BCUT2D eigenvalue weighted by Gasteiger charge is 2.22. The fraction of sp³-hybridized carbons (Fsp3) is 0.556. The highest BCUT2D eigenvalue weighted by Crippen LogP contribution is 2.22. The summed E-state index contributed by atoms with van der Waals surface area (Å²) in [6.07, 6.45) is -0.941. The summed E-state index contributed by atoms with van der Waals surface area (Å²) in [7, 11) is 0. The molecule has 0 fully saturated rings. The van der Waals surface area contributed by atoms with Gasteiger partial charge in [-0.1, -0.05) is 0 Å². The van der Waals surface area contributed by atoms with Gasteiger partial charge < -0.3 is 20.7 Å². The number of hydrogen-bond donors (Lipinski definition) is 3. The molecule has 0 aliphatic heterocycles. The summed E-state index contributed by atoms with van der Waals surface area (Å²) < 4.78 is 4.77. The number of aliphatic hydroxyl groups excluding tert-OH is 2. The molecule has 0 spiro atoms. The molecule has 90 valence electrons. The number of ether oxygens (including phenoxy) is 1. The maximum Gasteiger partial charge on any atom is 0.349 e. The van der Waals surface area contributed by atoms with Crippen molar-refractivity contribution in [2.75, 3.05) is 13.2 Å². The molecule has 0 aliphatic rings. The van der Waals surface area contributed by atoms with Gasteiger partial charge in [-0.05, 0) is 6.92 Å². The summed E-state index contributed by atoms with van der Waals surface area (Å²) in [6.45, 7) is 1.91. The van der Waals surface area contributed by atoms with Crippen LogP contribution < -0.4 is 5.73 Å². The summed E-state index contributed by atoms with van der Waals surface area (Å²) in [6, 6.07) is 0. The Labute approximate surface area is 96.7 Å². The van der Waals surface area contributed by atoms with Crippen molar-refractivity contribution in [3.8, 4) is 0 Å². The van der Waals surface area contributed by atoms with Crippen molar-refractivity contribution in [3.63, 3.8) is 0 Å². The van der Waals surface area contributed by atoms with Crippen molar-refractivity contribution < 1.29 is 19.7 Å². The lowest BCUT2D eigenvalue weighted by Gasteiger charge is -2.12. The molecule has 1 rings (SSSR count). The van der Waals surface area contributed by atoms with Crippen LogP contribution in [-0.2, 0) is 4.74 Å². The van der Waals surface area contributed by atoms with Crippen molar-refractivity contribution >= 4 is 17.3 Å². The van der Waals surface area contributed by atoms with Crippen LogP contribution in [0.5, 0.6) is 0 Å². The van der Waals surface area contributed by atoms with Crippen molar-refractivity contribution in [2.24, 2.45) is 5.73 Å². The lowest BCUT2D eigenvalue weighted by molar-refractivity contribution is 0.0242. The van der Waals surface area contributed by atoms with Gasteiger partial charge in [0.25, 0.3) is 0 Å². The zero-order valence-electron chi connectivity index (χ0n) is 8.79. The Hall–Kier alpha value is -1.02. The van der Waals surface area contributed by atoms with E-state index < -0.39 is 18.2 Å². The van der Waals surface area contributed by atoms with Crippen molar-refractivity contribution in [2.45, 2.75) is 19.1 Å². The average molecular weight is 246 g/mol. The van der Waals surface area contributed by atoms with Crippen LogP contribution in [0.2, 0.25) is 0 Å². The quantitative estimate of drug-likeness (QED) is 0.614. The third-order valence-electron chi connectivity index (χ3n) is 1.86. The summed E-state index contributed by atoms with van der Waals surface area (Å²) in [5.41, 5.74) is 5.20. The number of nitrogens with two attached hydrogens (primary N) is 1. The molecule has 0 saturated carbocycles. The van der Waals surface area contributed by atoms with E-state index in [-0.39, 0.29) is 18.2 Å². The first-order valence-corrected chi connectivity index (χ1v) is 5.60. The molecule has 0 radical (unpaired) electrons. The second-order valence-electron chi connectivity index (χ2n) is 3.03. The molecule has 4 N–H and O–H groups in total. The SMILES string of the molecule is CCOC(=O)c1cnc(C(O)C(O)CN)s1. The minimum Gasteiger partial charge on any atom is -0.462 e. The molecular formula is C9H14N2O4S. The second-order valence-corrected chi connectivity index (χ2v) is 4.09. The lowest BCUT2D eigenvalue weighted by atomic mass is 10.2. The van der Waals surface area contributed by atoms with Gasteiger partial charge in [0.2, 0.25) is 0 Å². The van der Waals surface area contributed by atoms with E-state index in [1.807, 2.05) is 0 Å². The van der Waals surface area contributed by atoms with Gasteiger partial charge >= 0.3 is 5.97 Å². The molecule has 1 aromatic heterocycles. The van der Waals surface area contributed by atoms with Crippen LogP contribution >= 0.6 is 11.3 Å². The first-order chi connectivity index (χ1) is 7.60. The molecule has 0 aliphatic carbocycles. The van der Waals surface area contributed by atoms with E-state index in [4.69, 9.17) is 10.5 Å². The normalized spacial score (nSPS) is 14.5. The summed E-state index contributed by atoms with van der Waals surface area (Å²) in [5, 5.41) is 19.1. The highest BCUT2D eigenvalue weighted by molar-refractivity contribution is 7.13.